The molecular formula is C22H25N3O4. The fraction of sp³-hybridized carbons (Fsp3) is 0.318. The number of ether oxygens (including phenoxy) is 1. The lowest BCUT2D eigenvalue weighted by molar-refractivity contribution is -0.134. The Labute approximate surface area is 170 Å². The molecule has 152 valence electrons. The Balaban J connectivity index is 1.51. The lowest BCUT2D eigenvalue weighted by Gasteiger charge is -2.26. The van der Waals surface area contributed by atoms with Crippen molar-refractivity contribution in [3.8, 4) is 11.5 Å². The fourth-order valence-electron chi connectivity index (χ4n) is 3.05. The van der Waals surface area contributed by atoms with Crippen molar-refractivity contribution < 1.29 is 19.4 Å². The van der Waals surface area contributed by atoms with Crippen LogP contribution in [0.1, 0.15) is 42.1 Å². The first kappa shape index (κ1) is 20.4. The van der Waals surface area contributed by atoms with E-state index in [0.29, 0.717) is 17.0 Å². The van der Waals surface area contributed by atoms with Gasteiger partial charge in [-0.1, -0.05) is 0 Å². The van der Waals surface area contributed by atoms with Crippen LogP contribution in [0.15, 0.2) is 53.6 Å². The lowest BCUT2D eigenvalue weighted by Crippen LogP contribution is -2.38. The summed E-state index contributed by atoms with van der Waals surface area (Å²) in [6.45, 7) is 3.45. The molecule has 1 saturated heterocycles. The number of amides is 2. The Morgan fingerprint density at radius 2 is 1.62 bits per heavy atom. The monoisotopic (exact) mass is 395 g/mol. The Morgan fingerprint density at radius 3 is 2.28 bits per heavy atom. The van der Waals surface area contributed by atoms with Gasteiger partial charge in [0.25, 0.3) is 11.8 Å². The van der Waals surface area contributed by atoms with Crippen molar-refractivity contribution in [3.05, 3.63) is 59.7 Å². The van der Waals surface area contributed by atoms with Gasteiger partial charge in [0, 0.05) is 18.7 Å². The van der Waals surface area contributed by atoms with Crippen molar-refractivity contribution in [2.75, 3.05) is 19.7 Å². The van der Waals surface area contributed by atoms with Gasteiger partial charge in [0.1, 0.15) is 11.5 Å². The summed E-state index contributed by atoms with van der Waals surface area (Å²) in [5.41, 5.74) is 4.36. The number of benzene rings is 2. The average molecular weight is 395 g/mol. The van der Waals surface area contributed by atoms with Crippen molar-refractivity contribution in [1.82, 2.24) is 10.3 Å². The Bertz CT molecular complexity index is 870. The van der Waals surface area contributed by atoms with Crippen LogP contribution in [0.2, 0.25) is 0 Å². The molecule has 0 radical (unpaired) electrons. The third kappa shape index (κ3) is 5.81. The number of piperidine rings is 1. The molecule has 0 aliphatic carbocycles. The molecule has 0 saturated carbocycles. The summed E-state index contributed by atoms with van der Waals surface area (Å²) in [6.07, 6.45) is 3.30. The standard InChI is InChI=1S/C22H25N3O4/c1-16(23-24-22(28)18-5-9-19(26)10-6-18)17-7-11-20(12-8-17)29-15-21(27)25-13-3-2-4-14-25/h5-12,26H,2-4,13-15H2,1H3,(H,24,28)/b23-16-. The Hall–Kier alpha value is -3.35. The number of carbonyl (C=O) groups is 2. The zero-order valence-electron chi connectivity index (χ0n) is 16.4. The molecule has 0 bridgehead atoms. The summed E-state index contributed by atoms with van der Waals surface area (Å²) in [4.78, 5) is 26.1. The van der Waals surface area contributed by atoms with Gasteiger partial charge in [0.15, 0.2) is 6.61 Å². The largest absolute Gasteiger partial charge is 0.508 e. The van der Waals surface area contributed by atoms with E-state index >= 15 is 0 Å². The van der Waals surface area contributed by atoms with Crippen LogP contribution in [0.3, 0.4) is 0 Å². The highest BCUT2D eigenvalue weighted by atomic mass is 16.5. The topological polar surface area (TPSA) is 91.2 Å². The van der Waals surface area contributed by atoms with Gasteiger partial charge in [-0.3, -0.25) is 9.59 Å². The number of nitrogens with one attached hydrogen (secondary N) is 1. The van der Waals surface area contributed by atoms with Crippen molar-refractivity contribution in [3.63, 3.8) is 0 Å². The van der Waals surface area contributed by atoms with E-state index in [1.807, 2.05) is 17.0 Å². The maximum atomic E-state index is 12.2. The first-order chi connectivity index (χ1) is 14.0. The third-order valence-corrected chi connectivity index (χ3v) is 4.80. The van der Waals surface area contributed by atoms with Crippen molar-refractivity contribution in [1.29, 1.82) is 0 Å². The van der Waals surface area contributed by atoms with Gasteiger partial charge in [0.05, 0.1) is 5.71 Å². The van der Waals surface area contributed by atoms with Crippen LogP contribution in [-0.2, 0) is 4.79 Å². The smallest absolute Gasteiger partial charge is 0.271 e. The predicted octanol–water partition coefficient (Wildman–Crippen LogP) is 2.94. The molecule has 2 aromatic carbocycles. The number of likely N-dealkylation sites (tertiary alicyclic amines) is 1. The minimum Gasteiger partial charge on any atom is -0.508 e. The normalized spacial score (nSPS) is 14.4. The molecule has 0 unspecified atom stereocenters. The van der Waals surface area contributed by atoms with Crippen molar-refractivity contribution in [2.45, 2.75) is 26.2 Å². The highest BCUT2D eigenvalue weighted by Crippen LogP contribution is 2.14. The second-order valence-electron chi connectivity index (χ2n) is 6.94. The zero-order valence-corrected chi connectivity index (χ0v) is 16.4. The SMILES string of the molecule is C/C(=N/NC(=O)c1ccc(O)cc1)c1ccc(OCC(=O)N2CCCCC2)cc1. The van der Waals surface area contributed by atoms with E-state index in [1.54, 1.807) is 19.1 Å². The molecule has 2 amide bonds. The van der Waals surface area contributed by atoms with Gasteiger partial charge in [0.2, 0.25) is 0 Å². The van der Waals surface area contributed by atoms with E-state index in [1.165, 1.54) is 30.7 Å². The Morgan fingerprint density at radius 1 is 1.00 bits per heavy atom. The van der Waals surface area contributed by atoms with E-state index in [0.717, 1.165) is 31.5 Å². The molecule has 3 rings (SSSR count). The second kappa shape index (κ2) is 9.73. The number of hydrogen-bond acceptors (Lipinski definition) is 5. The van der Waals surface area contributed by atoms with Gasteiger partial charge in [-0.05, 0) is 80.3 Å². The van der Waals surface area contributed by atoms with Crippen LogP contribution in [-0.4, -0.2) is 47.2 Å². The number of carbonyl (C=O) groups excluding carboxylic acids is 2. The fourth-order valence-corrected chi connectivity index (χ4v) is 3.05. The van der Waals surface area contributed by atoms with Gasteiger partial charge in [-0.15, -0.1) is 0 Å². The highest BCUT2D eigenvalue weighted by molar-refractivity contribution is 6.00. The lowest BCUT2D eigenvalue weighted by atomic mass is 10.1. The number of rotatable bonds is 6. The Kier molecular flexibility index (Phi) is 6.84. The van der Waals surface area contributed by atoms with Crippen LogP contribution in [0.4, 0.5) is 0 Å². The average Bonchev–Trinajstić information content (AvgIpc) is 2.77. The number of aromatic hydroxyl groups is 1. The van der Waals surface area contributed by atoms with Crippen molar-refractivity contribution >= 4 is 17.5 Å². The quantitative estimate of drug-likeness (QED) is 0.581. The molecule has 1 aliphatic heterocycles. The molecule has 2 N–H and O–H groups in total. The molecule has 7 nitrogen and oxygen atoms in total. The maximum Gasteiger partial charge on any atom is 0.271 e. The van der Waals surface area contributed by atoms with Crippen LogP contribution >= 0.6 is 0 Å². The summed E-state index contributed by atoms with van der Waals surface area (Å²) >= 11 is 0. The third-order valence-electron chi connectivity index (χ3n) is 4.80. The summed E-state index contributed by atoms with van der Waals surface area (Å²) in [7, 11) is 0. The van der Waals surface area contributed by atoms with Crippen LogP contribution in [0.5, 0.6) is 11.5 Å². The molecule has 1 heterocycles. The highest BCUT2D eigenvalue weighted by Gasteiger charge is 2.16. The summed E-state index contributed by atoms with van der Waals surface area (Å²) in [6, 6.07) is 13.1. The van der Waals surface area contributed by atoms with E-state index in [9.17, 15) is 14.7 Å². The molecular weight excluding hydrogens is 370 g/mol. The van der Waals surface area contributed by atoms with Gasteiger partial charge >= 0.3 is 0 Å². The predicted molar refractivity (Wildman–Crippen MR) is 110 cm³/mol. The number of hydrazone groups is 1. The van der Waals surface area contributed by atoms with Crippen LogP contribution in [0, 0.1) is 0 Å². The van der Waals surface area contributed by atoms with Crippen molar-refractivity contribution in [2.24, 2.45) is 5.10 Å². The molecule has 0 aromatic heterocycles. The minimum atomic E-state index is -0.361. The molecule has 1 fully saturated rings. The molecule has 1 aliphatic rings. The van der Waals surface area contributed by atoms with Gasteiger partial charge < -0.3 is 14.7 Å². The van der Waals surface area contributed by atoms with Gasteiger partial charge in [-0.25, -0.2) is 5.43 Å². The summed E-state index contributed by atoms with van der Waals surface area (Å²) in [5.74, 6) is 0.366. The second-order valence-corrected chi connectivity index (χ2v) is 6.94. The molecule has 29 heavy (non-hydrogen) atoms. The van der Waals surface area contributed by atoms with E-state index in [4.69, 9.17) is 4.74 Å². The van der Waals surface area contributed by atoms with Crippen LogP contribution in [0.25, 0.3) is 0 Å². The minimum absolute atomic E-state index is 0.0171. The van der Waals surface area contributed by atoms with E-state index in [-0.39, 0.29) is 24.2 Å². The van der Waals surface area contributed by atoms with E-state index in [2.05, 4.69) is 10.5 Å². The zero-order chi connectivity index (χ0) is 20.6. The number of nitrogens with zero attached hydrogens (tertiary/aromatic N) is 2. The molecule has 2 aromatic rings. The van der Waals surface area contributed by atoms with E-state index < -0.39 is 0 Å². The summed E-state index contributed by atoms with van der Waals surface area (Å²) < 4.78 is 5.60. The first-order valence-corrected chi connectivity index (χ1v) is 9.67. The van der Waals surface area contributed by atoms with Gasteiger partial charge in [-0.2, -0.15) is 5.10 Å². The number of hydrogen-bond donors (Lipinski definition) is 2. The maximum absolute atomic E-state index is 12.2. The molecule has 0 atom stereocenters. The summed E-state index contributed by atoms with van der Waals surface area (Å²) in [5, 5.41) is 13.4. The molecule has 0 spiro atoms. The number of phenolic OH excluding ortho intramolecular Hbond substituents is 1. The first-order valence-electron chi connectivity index (χ1n) is 9.67. The molecule has 7 heteroatoms. The van der Waals surface area contributed by atoms with Crippen LogP contribution < -0.4 is 10.2 Å². The number of phenols is 1.